The van der Waals surface area contributed by atoms with Gasteiger partial charge in [0, 0.05) is 53.5 Å². The van der Waals surface area contributed by atoms with Crippen LogP contribution >= 0.6 is 0 Å². The average molecular weight is 834 g/mol. The zero-order valence-electron chi connectivity index (χ0n) is 30.5. The smallest absolute Gasteiger partial charge is 0.417 e. The molecular weight excluding hydrogens is 791 g/mol. The molecule has 18 heteroatoms. The summed E-state index contributed by atoms with van der Waals surface area (Å²) in [5, 5.41) is 9.72. The summed E-state index contributed by atoms with van der Waals surface area (Å²) in [5.74, 6) is -5.02. The van der Waals surface area contributed by atoms with E-state index in [9.17, 15) is 57.1 Å². The Balaban J connectivity index is 1.81. The summed E-state index contributed by atoms with van der Waals surface area (Å²) < 4.78 is 155. The number of hydrogen-bond acceptors (Lipinski definition) is 5. The molecule has 2 heterocycles. The molecule has 1 aliphatic rings. The van der Waals surface area contributed by atoms with Crippen LogP contribution in [0.25, 0.3) is 23.6 Å². The lowest BCUT2D eigenvalue weighted by Crippen LogP contribution is -2.33. The van der Waals surface area contributed by atoms with Gasteiger partial charge in [-0.3, -0.25) is 13.9 Å². The third kappa shape index (κ3) is 11.2. The fourth-order valence-corrected chi connectivity index (χ4v) is 8.39. The van der Waals surface area contributed by atoms with Crippen LogP contribution < -0.4 is 10.6 Å². The van der Waals surface area contributed by atoms with E-state index in [1.807, 2.05) is 0 Å². The van der Waals surface area contributed by atoms with Crippen LogP contribution in [0.15, 0.2) is 48.6 Å². The van der Waals surface area contributed by atoms with Crippen LogP contribution in [0.1, 0.15) is 75.8 Å². The van der Waals surface area contributed by atoms with Gasteiger partial charge >= 0.3 is 12.1 Å². The summed E-state index contributed by atoms with van der Waals surface area (Å²) in [7, 11) is -8.72. The average Bonchev–Trinajstić information content (AvgIpc) is 3.45. The Bertz CT molecular complexity index is 2410. The molecule has 0 saturated heterocycles. The van der Waals surface area contributed by atoms with Crippen molar-refractivity contribution in [3.05, 3.63) is 87.7 Å². The number of halogens is 6. The van der Waals surface area contributed by atoms with Crippen molar-refractivity contribution in [1.82, 2.24) is 4.57 Å². The lowest BCUT2D eigenvalue weighted by molar-refractivity contribution is -0.438. The lowest BCUT2D eigenvalue weighted by Gasteiger charge is -2.25. The number of fused-ring (bicyclic) bond motifs is 2. The van der Waals surface area contributed by atoms with Gasteiger partial charge in [0.15, 0.2) is 5.71 Å². The van der Waals surface area contributed by atoms with Crippen LogP contribution in [0.5, 0.6) is 0 Å². The number of nitrogens with zero attached hydrogens (tertiary/aromatic N) is 2. The zero-order chi connectivity index (χ0) is 41.6. The first-order chi connectivity index (χ1) is 26.0. The first-order valence-corrected chi connectivity index (χ1v) is 20.9. The second kappa shape index (κ2) is 17.9. The number of benzene rings is 2. The van der Waals surface area contributed by atoms with Crippen LogP contribution in [-0.2, 0) is 43.2 Å². The van der Waals surface area contributed by atoms with Gasteiger partial charge in [-0.1, -0.05) is 37.6 Å². The Hall–Kier alpha value is -4.26. The molecule has 1 atom stereocenters. The lowest BCUT2D eigenvalue weighted by atomic mass is 9.73. The number of carboxylic acid groups (broad SMARTS) is 1. The van der Waals surface area contributed by atoms with Crippen molar-refractivity contribution in [3.63, 3.8) is 0 Å². The van der Waals surface area contributed by atoms with Crippen molar-refractivity contribution in [2.24, 2.45) is 0 Å². The maximum Gasteiger partial charge on any atom is 0.417 e. The van der Waals surface area contributed by atoms with Crippen LogP contribution in [0.3, 0.4) is 0 Å². The van der Waals surface area contributed by atoms with E-state index in [1.165, 1.54) is 41.9 Å². The number of rotatable bonds is 19. The number of aromatic nitrogens is 1. The third-order valence-corrected chi connectivity index (χ3v) is 11.3. The van der Waals surface area contributed by atoms with E-state index in [0.717, 1.165) is 12.1 Å². The largest absolute Gasteiger partial charge is 0.481 e. The molecule has 0 fully saturated rings. The highest BCUT2D eigenvalue weighted by Gasteiger charge is 2.53. The monoisotopic (exact) mass is 833 g/mol. The predicted octanol–water partition coefficient (Wildman–Crippen LogP) is 6.81. The highest BCUT2D eigenvalue weighted by molar-refractivity contribution is 7.86. The summed E-state index contributed by atoms with van der Waals surface area (Å²) in [6.07, 6.45) is 3.83. The first kappa shape index (κ1) is 44.5. The van der Waals surface area contributed by atoms with Gasteiger partial charge < -0.3 is 9.67 Å². The Labute approximate surface area is 320 Å². The molecule has 1 aromatic heterocycles. The van der Waals surface area contributed by atoms with E-state index in [-0.39, 0.29) is 84.7 Å². The summed E-state index contributed by atoms with van der Waals surface area (Å²) in [6, 6.07) is 3.22. The third-order valence-electron chi connectivity index (χ3n) is 9.68. The fraction of sp³-hybridized carbons (Fsp3) is 0.421. The van der Waals surface area contributed by atoms with Crippen molar-refractivity contribution in [3.8, 4) is 0 Å². The number of aliphatic carboxylic acids is 1. The molecule has 10 nitrogen and oxygen atoms in total. The van der Waals surface area contributed by atoms with E-state index in [2.05, 4.69) is 6.58 Å². The quantitative estimate of drug-likeness (QED) is 0.0392. The van der Waals surface area contributed by atoms with Gasteiger partial charge in [0.05, 0.1) is 33.6 Å². The number of carbonyl (C=O) groups is 1. The Morgan fingerprint density at radius 1 is 0.875 bits per heavy atom. The van der Waals surface area contributed by atoms with Crippen molar-refractivity contribution in [2.45, 2.75) is 82.8 Å². The molecule has 3 aromatic rings. The number of hydrogen-bond donors (Lipinski definition) is 3. The Morgan fingerprint density at radius 3 is 2.14 bits per heavy atom. The van der Waals surface area contributed by atoms with E-state index < -0.39 is 72.3 Å². The molecule has 306 valence electrons. The van der Waals surface area contributed by atoms with Crippen molar-refractivity contribution in [2.75, 3.05) is 18.1 Å². The maximum absolute atomic E-state index is 14.9. The van der Waals surface area contributed by atoms with E-state index in [1.54, 1.807) is 10.6 Å². The Kier molecular flexibility index (Phi) is 14.2. The summed E-state index contributed by atoms with van der Waals surface area (Å²) >= 11 is 0. The molecular formula is C38H43F6N2O8S2+. The number of aryl methyl sites for hydroxylation is 1. The van der Waals surface area contributed by atoms with Gasteiger partial charge in [0.25, 0.3) is 20.2 Å². The fourth-order valence-electron chi connectivity index (χ4n) is 7.25. The van der Waals surface area contributed by atoms with Crippen molar-refractivity contribution in [1.29, 1.82) is 0 Å². The van der Waals surface area contributed by atoms with E-state index >= 15 is 0 Å². The second-order valence-corrected chi connectivity index (χ2v) is 17.0. The van der Waals surface area contributed by atoms with Gasteiger partial charge in [-0.2, -0.15) is 34.6 Å². The Morgan fingerprint density at radius 2 is 1.52 bits per heavy atom. The summed E-state index contributed by atoms with van der Waals surface area (Å²) in [5.41, 5.74) is -2.66. The maximum atomic E-state index is 14.9. The van der Waals surface area contributed by atoms with Gasteiger partial charge in [0.1, 0.15) is 24.0 Å². The van der Waals surface area contributed by atoms with E-state index in [4.69, 9.17) is 5.11 Å². The topological polar surface area (TPSA) is 154 Å². The van der Waals surface area contributed by atoms with Gasteiger partial charge in [-0.15, -0.1) is 0 Å². The molecule has 3 N–H and O–H groups in total. The molecule has 0 spiro atoms. The van der Waals surface area contributed by atoms with Crippen molar-refractivity contribution < 1.29 is 66.8 Å². The van der Waals surface area contributed by atoms with Crippen LogP contribution in [0.4, 0.5) is 32.0 Å². The number of carboxylic acids is 1. The minimum absolute atomic E-state index is 0.0340. The molecule has 1 aliphatic heterocycles. The van der Waals surface area contributed by atoms with Gasteiger partial charge in [0.2, 0.25) is 5.69 Å². The van der Waals surface area contributed by atoms with Gasteiger partial charge in [-0.25, -0.2) is 13.2 Å². The van der Waals surface area contributed by atoms with Crippen LogP contribution in [-0.4, -0.2) is 69.9 Å². The number of allylic oxidation sites excluding steroid dienone is 4. The zero-order valence-corrected chi connectivity index (χ0v) is 32.1. The molecule has 0 radical (unpaired) electrons. The molecule has 0 aliphatic carbocycles. The summed E-state index contributed by atoms with van der Waals surface area (Å²) in [6.45, 7) is 5.69. The molecule has 56 heavy (non-hydrogen) atoms. The molecule has 0 bridgehead atoms. The highest BCUT2D eigenvalue weighted by Crippen LogP contribution is 2.50. The van der Waals surface area contributed by atoms with Crippen LogP contribution in [0, 0.1) is 17.5 Å². The molecule has 0 saturated carbocycles. The molecule has 2 aromatic carbocycles. The SMILES string of the molecule is C=c1\c(=C/C=C/C=C/C2=[N+](CCCCS(=O)(=O)O)c3cc(F)cc(C(F)(F)F)c3C2(C)CCCCS(=O)(=O)O)n(CCCCCC(=O)O)c2cc(F)cc(F)c12. The predicted molar refractivity (Wildman–Crippen MR) is 200 cm³/mol. The first-order valence-electron chi connectivity index (χ1n) is 17.7. The molecule has 4 rings (SSSR count). The highest BCUT2D eigenvalue weighted by atomic mass is 32.2. The summed E-state index contributed by atoms with van der Waals surface area (Å²) in [4.78, 5) is 10.9. The van der Waals surface area contributed by atoms with Gasteiger partial charge in [-0.05, 0) is 57.2 Å². The van der Waals surface area contributed by atoms with Crippen LogP contribution in [0.2, 0.25) is 0 Å². The second-order valence-electron chi connectivity index (χ2n) is 13.9. The molecule has 1 unspecified atom stereocenters. The minimum atomic E-state index is -5.00. The normalized spacial score (nSPS) is 17.0. The van der Waals surface area contributed by atoms with Crippen molar-refractivity contribution >= 4 is 61.2 Å². The molecule has 0 amide bonds. The number of alkyl halides is 3. The van der Waals surface area contributed by atoms with E-state index in [0.29, 0.717) is 30.7 Å². The standard InChI is InChI=1S/C38H42F6N2O8S2/c1-25-30(45(17-9-4-7-15-34(47)48)31-23-27(40)22-29(41)35(25)31)13-5-3-6-14-33-37(2,16-8-11-19-55(49,50)51)36-28(38(42,43)44)21-26(39)24-32(36)46(33)18-10-12-20-56(52,53)54/h3,5-6,13-14,21-24H,1,4,7-12,15-20H2,2H3,(H2-,47,48,49,50,51,52,53,54)/p+1. The minimum Gasteiger partial charge on any atom is -0.481 e. The number of unbranched alkanes of at least 4 members (excludes halogenated alkanes) is 4.